The van der Waals surface area contributed by atoms with Crippen molar-refractivity contribution < 1.29 is 18.7 Å². The molecule has 1 amide bonds. The third-order valence-electron chi connectivity index (χ3n) is 4.00. The van der Waals surface area contributed by atoms with Crippen molar-refractivity contribution >= 4 is 17.6 Å². The van der Waals surface area contributed by atoms with Gasteiger partial charge >= 0.3 is 0 Å². The Hall–Kier alpha value is -3.07. The molecule has 1 heterocycles. The summed E-state index contributed by atoms with van der Waals surface area (Å²) in [7, 11) is 0. The van der Waals surface area contributed by atoms with Crippen molar-refractivity contribution in [2.75, 3.05) is 11.9 Å². The fourth-order valence-corrected chi connectivity index (χ4v) is 2.79. The van der Waals surface area contributed by atoms with Crippen LogP contribution in [0.4, 0.5) is 5.88 Å². The lowest BCUT2D eigenvalue weighted by molar-refractivity contribution is -0.116. The lowest BCUT2D eigenvalue weighted by atomic mass is 10.1. The van der Waals surface area contributed by atoms with Crippen LogP contribution in [0, 0.1) is 32.1 Å². The van der Waals surface area contributed by atoms with Crippen LogP contribution in [-0.2, 0) is 4.79 Å². The number of ketones is 1. The molecule has 0 spiro atoms. The fraction of sp³-hybridized carbons (Fsp3) is 0.350. The van der Waals surface area contributed by atoms with Crippen molar-refractivity contribution in [2.45, 2.75) is 40.5 Å². The predicted octanol–water partition coefficient (Wildman–Crippen LogP) is 4.08. The van der Waals surface area contributed by atoms with Crippen molar-refractivity contribution in [3.63, 3.8) is 0 Å². The second kappa shape index (κ2) is 8.34. The number of nitriles is 1. The Morgan fingerprint density at radius 2 is 1.88 bits per heavy atom. The molecule has 0 saturated heterocycles. The Morgan fingerprint density at radius 1 is 1.23 bits per heavy atom. The Morgan fingerprint density at radius 3 is 2.46 bits per heavy atom. The van der Waals surface area contributed by atoms with Gasteiger partial charge in [0.05, 0.1) is 12.2 Å². The van der Waals surface area contributed by atoms with Crippen LogP contribution in [0.15, 0.2) is 22.6 Å². The molecule has 1 aromatic heterocycles. The summed E-state index contributed by atoms with van der Waals surface area (Å²) in [5.74, 6) is 0.617. The summed E-state index contributed by atoms with van der Waals surface area (Å²) in [5, 5.41) is 11.8. The van der Waals surface area contributed by atoms with Crippen LogP contribution >= 0.6 is 0 Å². The molecule has 26 heavy (non-hydrogen) atoms. The van der Waals surface area contributed by atoms with Gasteiger partial charge in [-0.3, -0.25) is 14.9 Å². The standard InChI is InChI=1S/C20H22N2O4/c1-12-7-5-8-13(2)19(12)25-10-6-9-17(24)22-20-16(11-21)18(14(3)23)15(4)26-20/h5,7-8H,6,9-10H2,1-4H3,(H,22,24). The summed E-state index contributed by atoms with van der Waals surface area (Å²) in [6, 6.07) is 7.84. The van der Waals surface area contributed by atoms with Gasteiger partial charge in [0.25, 0.3) is 0 Å². The lowest BCUT2D eigenvalue weighted by Gasteiger charge is -2.11. The van der Waals surface area contributed by atoms with Crippen LogP contribution in [0.25, 0.3) is 0 Å². The lowest BCUT2D eigenvalue weighted by Crippen LogP contribution is -2.13. The zero-order chi connectivity index (χ0) is 19.3. The summed E-state index contributed by atoms with van der Waals surface area (Å²) in [6.07, 6.45) is 0.728. The van der Waals surface area contributed by atoms with E-state index in [2.05, 4.69) is 5.32 Å². The maximum atomic E-state index is 12.1. The number of nitrogens with one attached hydrogen (secondary N) is 1. The Balaban J connectivity index is 1.91. The highest BCUT2D eigenvalue weighted by Gasteiger charge is 2.22. The molecule has 2 rings (SSSR count). The van der Waals surface area contributed by atoms with E-state index in [0.29, 0.717) is 18.8 Å². The van der Waals surface area contributed by atoms with E-state index in [9.17, 15) is 14.9 Å². The average molecular weight is 354 g/mol. The molecule has 1 N–H and O–H groups in total. The number of Topliss-reactive ketones (excluding diaryl/α,β-unsaturated/α-hetero) is 1. The van der Waals surface area contributed by atoms with Gasteiger partial charge < -0.3 is 9.15 Å². The summed E-state index contributed by atoms with van der Waals surface area (Å²) in [5.41, 5.74) is 2.38. The summed E-state index contributed by atoms with van der Waals surface area (Å²) in [4.78, 5) is 23.7. The van der Waals surface area contributed by atoms with Gasteiger partial charge in [0.2, 0.25) is 11.8 Å². The van der Waals surface area contributed by atoms with Crippen molar-refractivity contribution in [1.29, 1.82) is 5.26 Å². The number of carbonyl (C=O) groups is 2. The van der Waals surface area contributed by atoms with E-state index in [1.165, 1.54) is 6.92 Å². The normalized spacial score (nSPS) is 10.3. The van der Waals surface area contributed by atoms with E-state index >= 15 is 0 Å². The molecule has 0 aliphatic heterocycles. The van der Waals surface area contributed by atoms with Gasteiger partial charge in [-0.1, -0.05) is 18.2 Å². The first-order valence-corrected chi connectivity index (χ1v) is 8.38. The van der Waals surface area contributed by atoms with E-state index in [1.54, 1.807) is 6.92 Å². The molecule has 0 atom stereocenters. The number of benzene rings is 1. The van der Waals surface area contributed by atoms with Gasteiger partial charge in [-0.15, -0.1) is 0 Å². The van der Waals surface area contributed by atoms with Gasteiger partial charge in [0.1, 0.15) is 23.1 Å². The molecular formula is C20H22N2O4. The number of para-hydroxylation sites is 1. The number of aryl methyl sites for hydroxylation is 3. The predicted molar refractivity (Wildman–Crippen MR) is 97.4 cm³/mol. The van der Waals surface area contributed by atoms with Gasteiger partial charge in [-0.25, -0.2) is 0 Å². The molecule has 0 aliphatic rings. The highest BCUT2D eigenvalue weighted by Crippen LogP contribution is 2.27. The molecule has 0 unspecified atom stereocenters. The number of anilines is 1. The maximum Gasteiger partial charge on any atom is 0.226 e. The Kier molecular flexibility index (Phi) is 6.18. The van der Waals surface area contributed by atoms with E-state index < -0.39 is 0 Å². The Labute approximate surface area is 152 Å². The van der Waals surface area contributed by atoms with Gasteiger partial charge in [0, 0.05) is 6.42 Å². The molecule has 0 bridgehead atoms. The topological polar surface area (TPSA) is 92.3 Å². The zero-order valence-electron chi connectivity index (χ0n) is 15.4. The summed E-state index contributed by atoms with van der Waals surface area (Å²) in [6.45, 7) is 7.30. The fourth-order valence-electron chi connectivity index (χ4n) is 2.79. The number of rotatable bonds is 7. The van der Waals surface area contributed by atoms with Gasteiger partial charge in [0.15, 0.2) is 5.78 Å². The third kappa shape index (κ3) is 4.31. The minimum absolute atomic E-state index is 0.0240. The molecule has 0 fully saturated rings. The number of furan rings is 1. The van der Waals surface area contributed by atoms with Crippen LogP contribution in [0.5, 0.6) is 5.75 Å². The van der Waals surface area contributed by atoms with E-state index in [-0.39, 0.29) is 35.1 Å². The SMILES string of the molecule is CC(=O)c1c(C)oc(NC(=O)CCCOc2c(C)cccc2C)c1C#N. The summed E-state index contributed by atoms with van der Waals surface area (Å²) >= 11 is 0. The van der Waals surface area contributed by atoms with E-state index in [4.69, 9.17) is 9.15 Å². The highest BCUT2D eigenvalue weighted by molar-refractivity contribution is 6.00. The average Bonchev–Trinajstić information content (AvgIpc) is 2.88. The second-order valence-electron chi connectivity index (χ2n) is 6.13. The largest absolute Gasteiger partial charge is 0.493 e. The molecule has 2 aromatic rings. The van der Waals surface area contributed by atoms with Crippen LogP contribution in [0.3, 0.4) is 0 Å². The van der Waals surface area contributed by atoms with Crippen LogP contribution in [0.1, 0.15) is 52.6 Å². The number of hydrogen-bond acceptors (Lipinski definition) is 5. The first-order chi connectivity index (χ1) is 12.3. The molecule has 0 saturated carbocycles. The van der Waals surface area contributed by atoms with Crippen LogP contribution < -0.4 is 10.1 Å². The Bertz CT molecular complexity index is 854. The van der Waals surface area contributed by atoms with Gasteiger partial charge in [-0.05, 0) is 45.2 Å². The monoisotopic (exact) mass is 354 g/mol. The molecule has 136 valence electrons. The number of amides is 1. The third-order valence-corrected chi connectivity index (χ3v) is 4.00. The van der Waals surface area contributed by atoms with Crippen molar-refractivity contribution in [1.82, 2.24) is 0 Å². The smallest absolute Gasteiger partial charge is 0.226 e. The minimum Gasteiger partial charge on any atom is -0.493 e. The zero-order valence-corrected chi connectivity index (χ0v) is 15.4. The molecule has 6 heteroatoms. The first kappa shape index (κ1) is 19.3. The van der Waals surface area contributed by atoms with Crippen molar-refractivity contribution in [3.8, 4) is 11.8 Å². The van der Waals surface area contributed by atoms with E-state index in [1.807, 2.05) is 38.1 Å². The molecule has 0 aliphatic carbocycles. The highest BCUT2D eigenvalue weighted by atomic mass is 16.5. The number of carbonyl (C=O) groups excluding carboxylic acids is 2. The summed E-state index contributed by atoms with van der Waals surface area (Å²) < 4.78 is 11.1. The molecule has 6 nitrogen and oxygen atoms in total. The number of ether oxygens (including phenoxy) is 1. The minimum atomic E-state index is -0.296. The molecule has 0 radical (unpaired) electrons. The molecule has 1 aromatic carbocycles. The number of nitrogens with zero attached hydrogens (tertiary/aromatic N) is 1. The van der Waals surface area contributed by atoms with E-state index in [0.717, 1.165) is 16.9 Å². The first-order valence-electron chi connectivity index (χ1n) is 8.38. The van der Waals surface area contributed by atoms with Crippen LogP contribution in [-0.4, -0.2) is 18.3 Å². The second-order valence-corrected chi connectivity index (χ2v) is 6.13. The van der Waals surface area contributed by atoms with Crippen molar-refractivity contribution in [2.24, 2.45) is 0 Å². The number of hydrogen-bond donors (Lipinski definition) is 1. The van der Waals surface area contributed by atoms with Crippen molar-refractivity contribution in [3.05, 3.63) is 46.2 Å². The molecular weight excluding hydrogens is 332 g/mol. The maximum absolute atomic E-state index is 12.1. The van der Waals surface area contributed by atoms with Gasteiger partial charge in [-0.2, -0.15) is 5.26 Å². The quantitative estimate of drug-likeness (QED) is 0.597. The van der Waals surface area contributed by atoms with Crippen LogP contribution in [0.2, 0.25) is 0 Å².